The van der Waals surface area contributed by atoms with Gasteiger partial charge >= 0.3 is 0 Å². The number of furan rings is 1. The second kappa shape index (κ2) is 12.7. The van der Waals surface area contributed by atoms with Gasteiger partial charge in [0, 0.05) is 39.2 Å². The quantitative estimate of drug-likeness (QED) is 0.162. The maximum absolute atomic E-state index is 7.16. The lowest BCUT2D eigenvalue weighted by Gasteiger charge is -2.48. The molecule has 7 aromatic rings. The number of nitrogens with zero attached hydrogens (tertiary/aromatic N) is 2. The second-order valence-corrected chi connectivity index (χ2v) is 23.3. The fraction of sp³-hybridized carbons (Fsp3) is 0.379. The zero-order valence-corrected chi connectivity index (χ0v) is 39.4. The molecule has 2 aliphatic carbocycles. The average Bonchev–Trinajstić information content (AvgIpc) is 3.59. The number of fused-ring (bicyclic) bond motifs is 10. The zero-order chi connectivity index (χ0) is 43.6. The summed E-state index contributed by atoms with van der Waals surface area (Å²) in [5.74, 6) is 0. The first-order chi connectivity index (χ1) is 29.2. The van der Waals surface area contributed by atoms with E-state index < -0.39 is 0 Å². The van der Waals surface area contributed by atoms with E-state index in [2.05, 4.69) is 197 Å². The molecule has 1 aromatic heterocycles. The highest BCUT2D eigenvalue weighted by atomic mass is 16.3. The van der Waals surface area contributed by atoms with Crippen LogP contribution in [0.5, 0.6) is 0 Å². The molecule has 62 heavy (non-hydrogen) atoms. The van der Waals surface area contributed by atoms with E-state index in [-0.39, 0.29) is 33.8 Å². The first-order valence-electron chi connectivity index (χ1n) is 23.3. The Morgan fingerprint density at radius 2 is 1.15 bits per heavy atom. The summed E-state index contributed by atoms with van der Waals surface area (Å²) in [6, 6.07) is 38.3. The van der Waals surface area contributed by atoms with Crippen LogP contribution in [0.2, 0.25) is 0 Å². The molecule has 0 saturated heterocycles. The van der Waals surface area contributed by atoms with Gasteiger partial charge in [-0.3, -0.25) is 0 Å². The van der Waals surface area contributed by atoms with E-state index in [4.69, 9.17) is 4.42 Å². The van der Waals surface area contributed by atoms with E-state index in [1.54, 1.807) is 0 Å². The van der Waals surface area contributed by atoms with Gasteiger partial charge in [0.1, 0.15) is 5.58 Å². The largest absolute Gasteiger partial charge is 0.454 e. The van der Waals surface area contributed by atoms with Crippen LogP contribution in [0.25, 0.3) is 21.9 Å². The Bertz CT molecular complexity index is 3060. The van der Waals surface area contributed by atoms with E-state index in [9.17, 15) is 0 Å². The molecule has 4 aliphatic rings. The van der Waals surface area contributed by atoms with Crippen molar-refractivity contribution in [2.24, 2.45) is 0 Å². The Kier molecular flexibility index (Phi) is 8.12. The van der Waals surface area contributed by atoms with Gasteiger partial charge in [-0.05, 0) is 170 Å². The third kappa shape index (κ3) is 5.56. The molecule has 0 unspecified atom stereocenters. The Hall–Kier alpha value is -5.22. The van der Waals surface area contributed by atoms with Crippen molar-refractivity contribution in [3.8, 4) is 0 Å². The highest BCUT2D eigenvalue weighted by Gasteiger charge is 2.48. The van der Waals surface area contributed by atoms with Gasteiger partial charge in [-0.15, -0.1) is 0 Å². The molecular weight excluding hydrogens is 751 g/mol. The molecule has 0 saturated carbocycles. The molecule has 0 N–H and O–H groups in total. The minimum absolute atomic E-state index is 0.00371. The van der Waals surface area contributed by atoms with Crippen LogP contribution < -0.4 is 26.2 Å². The lowest BCUT2D eigenvalue weighted by atomic mass is 9.33. The summed E-state index contributed by atoms with van der Waals surface area (Å²) < 4.78 is 7.16. The van der Waals surface area contributed by atoms with Crippen LogP contribution in [-0.4, -0.2) is 6.71 Å². The van der Waals surface area contributed by atoms with E-state index in [1.807, 2.05) is 0 Å². The van der Waals surface area contributed by atoms with Crippen LogP contribution in [-0.2, 0) is 27.1 Å². The molecule has 2 aliphatic heterocycles. The Morgan fingerprint density at radius 3 is 1.81 bits per heavy atom. The van der Waals surface area contributed by atoms with Crippen molar-refractivity contribution in [2.75, 3.05) is 9.80 Å². The predicted octanol–water partition coefficient (Wildman–Crippen LogP) is 14.3. The van der Waals surface area contributed by atoms with Crippen LogP contribution in [0.15, 0.2) is 101 Å². The number of anilines is 6. The standard InChI is InChI=1S/C58H63BN2O/c1-34-28-48-51-49(29-34)61(46-17-15-14-16-35(46)2)52-44(22-20-38-39-30-36(54(3,4)5)18-23-50(39)62-53(38)52)59(51)45-32-42-43(58(12,13)27-26-57(42,10)11)33-47(45)60(48)37-19-21-40-41(31-37)56(8,9)25-24-55(40,6)7/h14-23,28-33H,24-27H2,1-13H3. The van der Waals surface area contributed by atoms with E-state index in [0.29, 0.717) is 0 Å². The van der Waals surface area contributed by atoms with Gasteiger partial charge in [0.25, 0.3) is 6.71 Å². The Balaban J connectivity index is 1.27. The summed E-state index contributed by atoms with van der Waals surface area (Å²) in [7, 11) is 0. The molecule has 0 radical (unpaired) electrons. The number of rotatable bonds is 2. The van der Waals surface area contributed by atoms with Gasteiger partial charge in [-0.1, -0.05) is 125 Å². The number of para-hydroxylation sites is 1. The third-order valence-electron chi connectivity index (χ3n) is 16.1. The van der Waals surface area contributed by atoms with Crippen LogP contribution in [0.4, 0.5) is 34.1 Å². The van der Waals surface area contributed by atoms with E-state index in [0.717, 1.165) is 16.9 Å². The number of benzene rings is 6. The lowest BCUT2D eigenvalue weighted by molar-refractivity contribution is 0.332. The van der Waals surface area contributed by atoms with Crippen LogP contribution in [0.1, 0.15) is 141 Å². The fourth-order valence-electron chi connectivity index (χ4n) is 12.0. The summed E-state index contributed by atoms with van der Waals surface area (Å²) in [6.07, 6.45) is 4.73. The lowest BCUT2D eigenvalue weighted by Crippen LogP contribution is -2.62. The fourth-order valence-corrected chi connectivity index (χ4v) is 12.0. The monoisotopic (exact) mass is 815 g/mol. The van der Waals surface area contributed by atoms with Crippen molar-refractivity contribution < 1.29 is 4.42 Å². The second-order valence-electron chi connectivity index (χ2n) is 23.3. The highest BCUT2D eigenvalue weighted by Crippen LogP contribution is 2.53. The molecule has 0 atom stereocenters. The van der Waals surface area contributed by atoms with Crippen molar-refractivity contribution >= 4 is 79.2 Å². The van der Waals surface area contributed by atoms with Gasteiger partial charge in [-0.2, -0.15) is 0 Å². The Labute approximate surface area is 370 Å². The van der Waals surface area contributed by atoms with Crippen LogP contribution in [0.3, 0.4) is 0 Å². The summed E-state index contributed by atoms with van der Waals surface area (Å²) in [6.45, 7) is 31.1. The average molecular weight is 815 g/mol. The van der Waals surface area contributed by atoms with Gasteiger partial charge in [0.2, 0.25) is 0 Å². The van der Waals surface area contributed by atoms with Gasteiger partial charge in [0.15, 0.2) is 5.58 Å². The predicted molar refractivity (Wildman–Crippen MR) is 266 cm³/mol. The minimum Gasteiger partial charge on any atom is -0.454 e. The maximum Gasteiger partial charge on any atom is 0.252 e. The number of aryl methyl sites for hydroxylation is 2. The third-order valence-corrected chi connectivity index (χ3v) is 16.1. The molecule has 6 aromatic carbocycles. The molecule has 4 heteroatoms. The normalized spacial score (nSPS) is 18.9. The van der Waals surface area contributed by atoms with Gasteiger partial charge in [0.05, 0.1) is 5.69 Å². The van der Waals surface area contributed by atoms with Crippen LogP contribution >= 0.6 is 0 Å². The molecule has 314 valence electrons. The molecule has 3 nitrogen and oxygen atoms in total. The highest BCUT2D eigenvalue weighted by molar-refractivity contribution is 7.00. The Morgan fingerprint density at radius 1 is 0.532 bits per heavy atom. The molecule has 0 bridgehead atoms. The van der Waals surface area contributed by atoms with E-state index >= 15 is 0 Å². The molecule has 0 spiro atoms. The van der Waals surface area contributed by atoms with Crippen molar-refractivity contribution in [3.63, 3.8) is 0 Å². The van der Waals surface area contributed by atoms with Crippen molar-refractivity contribution in [1.82, 2.24) is 0 Å². The van der Waals surface area contributed by atoms with Gasteiger partial charge in [-0.25, -0.2) is 0 Å². The minimum atomic E-state index is 0.00371. The van der Waals surface area contributed by atoms with Crippen molar-refractivity contribution in [1.29, 1.82) is 0 Å². The zero-order valence-electron chi connectivity index (χ0n) is 39.4. The smallest absolute Gasteiger partial charge is 0.252 e. The van der Waals surface area contributed by atoms with Crippen molar-refractivity contribution in [3.05, 3.63) is 136 Å². The van der Waals surface area contributed by atoms with Crippen molar-refractivity contribution in [2.45, 2.75) is 143 Å². The van der Waals surface area contributed by atoms with E-state index in [1.165, 1.54) is 120 Å². The molecule has 0 fully saturated rings. The number of hydrogen-bond donors (Lipinski definition) is 0. The molecule has 3 heterocycles. The first-order valence-corrected chi connectivity index (χ1v) is 23.3. The molecular formula is C58H63BN2O. The molecule has 11 rings (SSSR count). The first kappa shape index (κ1) is 39.6. The summed E-state index contributed by atoms with van der Waals surface area (Å²) in [5, 5.41) is 2.35. The summed E-state index contributed by atoms with van der Waals surface area (Å²) in [4.78, 5) is 5.23. The number of hydrogen-bond acceptors (Lipinski definition) is 3. The maximum atomic E-state index is 7.16. The SMILES string of the molecule is Cc1cc2c3c(c1)N(c1ccccc1C)c1c(ccc4c1oc1ccc(C(C)(C)C)cc14)B3c1cc3c(cc1N2c1ccc2c(c1)C(C)(C)CCC2(C)C)C(C)(C)CCC3(C)C. The summed E-state index contributed by atoms with van der Waals surface area (Å²) in [5.41, 5.74) is 23.5. The van der Waals surface area contributed by atoms with Gasteiger partial charge < -0.3 is 14.2 Å². The summed E-state index contributed by atoms with van der Waals surface area (Å²) >= 11 is 0. The van der Waals surface area contributed by atoms with Crippen LogP contribution in [0, 0.1) is 13.8 Å². The topological polar surface area (TPSA) is 19.6 Å². The molecule has 0 amide bonds.